The van der Waals surface area contributed by atoms with Crippen molar-refractivity contribution in [3.05, 3.63) is 0 Å². The number of aliphatic hydroxyl groups excluding tert-OH is 1. The van der Waals surface area contributed by atoms with Crippen molar-refractivity contribution in [2.45, 2.75) is 72.0 Å². The lowest BCUT2D eigenvalue weighted by Gasteiger charge is -2.37. The number of hydrogen-bond donors (Lipinski definition) is 4. The van der Waals surface area contributed by atoms with Gasteiger partial charge < -0.3 is 25.8 Å². The van der Waals surface area contributed by atoms with Crippen LogP contribution in [0.3, 0.4) is 0 Å². The van der Waals surface area contributed by atoms with E-state index in [-0.39, 0.29) is 11.5 Å². The van der Waals surface area contributed by atoms with Gasteiger partial charge in [0, 0.05) is 25.0 Å². The lowest BCUT2D eigenvalue weighted by Crippen LogP contribution is -2.44. The third-order valence-electron chi connectivity index (χ3n) is 4.31. The number of nitrogens with one attached hydrogen (secondary N) is 3. The van der Waals surface area contributed by atoms with Crippen LogP contribution in [-0.2, 0) is 4.74 Å². The Hall–Kier alpha value is -1.50. The first kappa shape index (κ1) is 21.5. The molecule has 1 saturated carbocycles. The standard InChI is InChI=1S/C18H36N4O3/c1-6-19-15(20-11-12-21-16(24)25-17(2,3)4)22-13-18(5)10-8-7-9-14(18)23/h14,23H,6-13H2,1-5H3,(H,21,24)(H2,19,20,22). The van der Waals surface area contributed by atoms with Gasteiger partial charge in [0.25, 0.3) is 0 Å². The number of amides is 1. The summed E-state index contributed by atoms with van der Waals surface area (Å²) in [4.78, 5) is 16.2. The zero-order chi connectivity index (χ0) is 18.9. The first-order valence-corrected chi connectivity index (χ1v) is 9.33. The molecule has 25 heavy (non-hydrogen) atoms. The lowest BCUT2D eigenvalue weighted by atomic mass is 9.73. The Balaban J connectivity index is 2.42. The van der Waals surface area contributed by atoms with Gasteiger partial charge in [-0.15, -0.1) is 0 Å². The molecule has 0 spiro atoms. The number of carbonyl (C=O) groups excluding carboxylic acids is 1. The molecule has 2 unspecified atom stereocenters. The minimum absolute atomic E-state index is 0.157. The molecule has 146 valence electrons. The molecule has 1 fully saturated rings. The SMILES string of the molecule is CCNC(=NCC1(C)CCCCC1O)NCCNC(=O)OC(C)(C)C. The van der Waals surface area contributed by atoms with Crippen LogP contribution in [0, 0.1) is 5.41 Å². The molecule has 4 N–H and O–H groups in total. The highest BCUT2D eigenvalue weighted by molar-refractivity contribution is 5.79. The van der Waals surface area contributed by atoms with Crippen molar-refractivity contribution < 1.29 is 14.6 Å². The van der Waals surface area contributed by atoms with E-state index in [2.05, 4.69) is 27.9 Å². The fourth-order valence-corrected chi connectivity index (χ4v) is 2.83. The van der Waals surface area contributed by atoms with Gasteiger partial charge in [-0.25, -0.2) is 4.79 Å². The van der Waals surface area contributed by atoms with Crippen molar-refractivity contribution in [1.29, 1.82) is 0 Å². The van der Waals surface area contributed by atoms with E-state index in [0.29, 0.717) is 25.6 Å². The summed E-state index contributed by atoms with van der Waals surface area (Å²) in [5.41, 5.74) is -0.653. The predicted molar refractivity (Wildman–Crippen MR) is 101 cm³/mol. The topological polar surface area (TPSA) is 95.0 Å². The molecule has 0 aromatic rings. The molecular formula is C18H36N4O3. The molecule has 1 amide bonds. The Kier molecular flexibility index (Phi) is 8.48. The Morgan fingerprint density at radius 2 is 1.92 bits per heavy atom. The van der Waals surface area contributed by atoms with Gasteiger partial charge >= 0.3 is 6.09 Å². The van der Waals surface area contributed by atoms with Gasteiger partial charge in [0.2, 0.25) is 0 Å². The average Bonchev–Trinajstić information content (AvgIpc) is 2.50. The largest absolute Gasteiger partial charge is 0.444 e. The minimum Gasteiger partial charge on any atom is -0.444 e. The van der Waals surface area contributed by atoms with Crippen molar-refractivity contribution in [3.63, 3.8) is 0 Å². The number of rotatable bonds is 6. The van der Waals surface area contributed by atoms with Crippen LogP contribution in [0.25, 0.3) is 0 Å². The van der Waals surface area contributed by atoms with E-state index in [1.54, 1.807) is 0 Å². The molecule has 0 saturated heterocycles. The number of ether oxygens (including phenoxy) is 1. The second kappa shape index (κ2) is 9.85. The Morgan fingerprint density at radius 1 is 1.24 bits per heavy atom. The maximum absolute atomic E-state index is 11.6. The van der Waals surface area contributed by atoms with Gasteiger partial charge in [0.1, 0.15) is 5.60 Å². The van der Waals surface area contributed by atoms with Crippen LogP contribution < -0.4 is 16.0 Å². The molecule has 1 aliphatic carbocycles. The maximum atomic E-state index is 11.6. The number of guanidine groups is 1. The second-order valence-electron chi connectivity index (χ2n) is 7.97. The molecule has 1 rings (SSSR count). The van der Waals surface area contributed by atoms with E-state index in [4.69, 9.17) is 4.74 Å². The van der Waals surface area contributed by atoms with Crippen molar-refractivity contribution in [2.75, 3.05) is 26.2 Å². The summed E-state index contributed by atoms with van der Waals surface area (Å²) in [7, 11) is 0. The van der Waals surface area contributed by atoms with E-state index in [9.17, 15) is 9.90 Å². The average molecular weight is 357 g/mol. The fraction of sp³-hybridized carbons (Fsp3) is 0.889. The number of aliphatic hydroxyl groups is 1. The number of carbonyl (C=O) groups is 1. The van der Waals surface area contributed by atoms with Crippen LogP contribution >= 0.6 is 0 Å². The van der Waals surface area contributed by atoms with Gasteiger partial charge in [-0.1, -0.05) is 19.8 Å². The lowest BCUT2D eigenvalue weighted by molar-refractivity contribution is 0.00716. The normalized spacial score (nSPS) is 24.6. The van der Waals surface area contributed by atoms with Gasteiger partial charge in [-0.3, -0.25) is 4.99 Å². The molecule has 0 aromatic heterocycles. The molecule has 7 heteroatoms. The van der Waals surface area contributed by atoms with Crippen molar-refractivity contribution >= 4 is 12.1 Å². The van der Waals surface area contributed by atoms with Crippen LogP contribution in [0.5, 0.6) is 0 Å². The van der Waals surface area contributed by atoms with Crippen LogP contribution in [0.15, 0.2) is 4.99 Å². The summed E-state index contributed by atoms with van der Waals surface area (Å²) < 4.78 is 5.19. The Morgan fingerprint density at radius 3 is 2.52 bits per heavy atom. The molecule has 0 aromatic carbocycles. The number of alkyl carbamates (subject to hydrolysis) is 1. The van der Waals surface area contributed by atoms with Gasteiger partial charge in [0.15, 0.2) is 5.96 Å². The molecule has 0 aliphatic heterocycles. The highest BCUT2D eigenvalue weighted by Gasteiger charge is 2.35. The van der Waals surface area contributed by atoms with Crippen LogP contribution in [0.1, 0.15) is 60.3 Å². The zero-order valence-electron chi connectivity index (χ0n) is 16.4. The molecule has 0 bridgehead atoms. The third-order valence-corrected chi connectivity index (χ3v) is 4.31. The summed E-state index contributed by atoms with van der Waals surface area (Å²) in [5.74, 6) is 0.701. The number of hydrogen-bond acceptors (Lipinski definition) is 4. The van der Waals surface area contributed by atoms with E-state index in [0.717, 1.165) is 32.2 Å². The van der Waals surface area contributed by atoms with Crippen LogP contribution in [0.2, 0.25) is 0 Å². The molecule has 0 heterocycles. The first-order valence-electron chi connectivity index (χ1n) is 9.33. The number of nitrogens with zero attached hydrogens (tertiary/aromatic N) is 1. The van der Waals surface area contributed by atoms with Crippen LogP contribution in [-0.4, -0.2) is 55.0 Å². The van der Waals surface area contributed by atoms with Gasteiger partial charge in [-0.2, -0.15) is 0 Å². The molecule has 2 atom stereocenters. The first-order chi connectivity index (χ1) is 11.7. The summed E-state index contributed by atoms with van der Waals surface area (Å²) in [6, 6.07) is 0. The van der Waals surface area contributed by atoms with Crippen molar-refractivity contribution in [1.82, 2.24) is 16.0 Å². The smallest absolute Gasteiger partial charge is 0.407 e. The van der Waals surface area contributed by atoms with E-state index in [1.807, 2.05) is 27.7 Å². The summed E-state index contributed by atoms with van der Waals surface area (Å²) in [5, 5.41) is 19.4. The predicted octanol–water partition coefficient (Wildman–Crippen LogP) is 2.01. The molecule has 0 radical (unpaired) electrons. The minimum atomic E-state index is -0.496. The summed E-state index contributed by atoms with van der Waals surface area (Å²) in [6.45, 7) is 11.9. The monoisotopic (exact) mass is 356 g/mol. The summed E-state index contributed by atoms with van der Waals surface area (Å²) in [6.07, 6.45) is 3.38. The van der Waals surface area contributed by atoms with Gasteiger partial charge in [0.05, 0.1) is 12.6 Å². The molecule has 7 nitrogen and oxygen atoms in total. The second-order valence-corrected chi connectivity index (χ2v) is 7.97. The third kappa shape index (κ3) is 8.43. The Bertz CT molecular complexity index is 448. The van der Waals surface area contributed by atoms with Crippen LogP contribution in [0.4, 0.5) is 4.79 Å². The molecule has 1 aliphatic rings. The highest BCUT2D eigenvalue weighted by Crippen LogP contribution is 2.36. The summed E-state index contributed by atoms with van der Waals surface area (Å²) >= 11 is 0. The highest BCUT2D eigenvalue weighted by atomic mass is 16.6. The maximum Gasteiger partial charge on any atom is 0.407 e. The number of aliphatic imine (C=N–C) groups is 1. The van der Waals surface area contributed by atoms with E-state index < -0.39 is 11.7 Å². The van der Waals surface area contributed by atoms with E-state index >= 15 is 0 Å². The molecular weight excluding hydrogens is 320 g/mol. The zero-order valence-corrected chi connectivity index (χ0v) is 16.4. The quantitative estimate of drug-likeness (QED) is 0.332. The van der Waals surface area contributed by atoms with Crippen molar-refractivity contribution in [3.8, 4) is 0 Å². The Labute approximate surface area is 152 Å². The van der Waals surface area contributed by atoms with Crippen molar-refractivity contribution in [2.24, 2.45) is 10.4 Å². The van der Waals surface area contributed by atoms with Gasteiger partial charge in [-0.05, 0) is 40.5 Å². The van der Waals surface area contributed by atoms with E-state index in [1.165, 1.54) is 0 Å². The fourth-order valence-electron chi connectivity index (χ4n) is 2.83.